The van der Waals surface area contributed by atoms with E-state index in [9.17, 15) is 8.42 Å². The van der Waals surface area contributed by atoms with Crippen LogP contribution in [0, 0.1) is 5.41 Å². The lowest BCUT2D eigenvalue weighted by atomic mass is 9.89. The molecule has 2 N–H and O–H groups in total. The van der Waals surface area contributed by atoms with Crippen LogP contribution in [0.2, 0.25) is 0 Å². The number of nitrogens with zero attached hydrogens (tertiary/aromatic N) is 2. The molecule has 0 fully saturated rings. The molecule has 0 spiro atoms. The van der Waals surface area contributed by atoms with Gasteiger partial charge in [-0.25, -0.2) is 17.7 Å². The first-order valence-corrected chi connectivity index (χ1v) is 11.0. The van der Waals surface area contributed by atoms with E-state index in [-0.39, 0.29) is 0 Å². The molecule has 1 aromatic carbocycles. The molecule has 0 amide bonds. The minimum Gasteiger partial charge on any atom is -0.357 e. The van der Waals surface area contributed by atoms with Gasteiger partial charge in [0.25, 0.3) is 0 Å². The van der Waals surface area contributed by atoms with Crippen LogP contribution in [0.25, 0.3) is 0 Å². The Morgan fingerprint density at radius 2 is 1.78 bits per heavy atom. The fourth-order valence-electron chi connectivity index (χ4n) is 2.42. The lowest BCUT2D eigenvalue weighted by Gasteiger charge is -2.23. The number of benzene rings is 1. The van der Waals surface area contributed by atoms with E-state index in [1.807, 2.05) is 19.1 Å². The van der Waals surface area contributed by atoms with Crippen molar-refractivity contribution in [3.8, 4) is 0 Å². The first-order valence-electron chi connectivity index (χ1n) is 9.52. The minimum atomic E-state index is -3.40. The van der Waals surface area contributed by atoms with Gasteiger partial charge in [0.15, 0.2) is 5.96 Å². The summed E-state index contributed by atoms with van der Waals surface area (Å²) >= 11 is 0. The number of guanidine groups is 1. The molecule has 0 aliphatic heterocycles. The highest BCUT2D eigenvalue weighted by molar-refractivity contribution is 7.89. The molecule has 0 radical (unpaired) electrons. The third-order valence-corrected chi connectivity index (χ3v) is 6.01. The summed E-state index contributed by atoms with van der Waals surface area (Å²) in [7, 11) is -0.334. The number of rotatable bonds is 8. The predicted molar refractivity (Wildman–Crippen MR) is 113 cm³/mol. The standard InChI is InChI=1S/C20H36N4O2S/c1-8-21-19(23-16(2)13-14-20(3,4)5)22-15-17-9-11-18(12-10-17)27(25,26)24(6)7/h9-12,16H,8,13-15H2,1-7H3,(H2,21,22,23). The highest BCUT2D eigenvalue weighted by atomic mass is 32.2. The molecule has 1 unspecified atom stereocenters. The highest BCUT2D eigenvalue weighted by Gasteiger charge is 2.16. The molecular formula is C20H36N4O2S. The fraction of sp³-hybridized carbons (Fsp3) is 0.650. The minimum absolute atomic E-state index is 0.293. The van der Waals surface area contributed by atoms with Gasteiger partial charge in [-0.3, -0.25) is 0 Å². The summed E-state index contributed by atoms with van der Waals surface area (Å²) in [5.74, 6) is 0.781. The Labute approximate surface area is 165 Å². The van der Waals surface area contributed by atoms with Gasteiger partial charge in [-0.2, -0.15) is 0 Å². The third kappa shape index (κ3) is 8.30. The molecule has 154 valence electrons. The normalized spacial score (nSPS) is 14.3. The van der Waals surface area contributed by atoms with Crippen molar-refractivity contribution in [2.24, 2.45) is 10.4 Å². The average molecular weight is 397 g/mol. The lowest BCUT2D eigenvalue weighted by Crippen LogP contribution is -2.42. The summed E-state index contributed by atoms with van der Waals surface area (Å²) in [6, 6.07) is 7.22. The van der Waals surface area contributed by atoms with Crippen molar-refractivity contribution in [3.63, 3.8) is 0 Å². The van der Waals surface area contributed by atoms with Gasteiger partial charge >= 0.3 is 0 Å². The molecule has 6 nitrogen and oxygen atoms in total. The van der Waals surface area contributed by atoms with Gasteiger partial charge in [0, 0.05) is 26.7 Å². The SMILES string of the molecule is CCNC(=NCc1ccc(S(=O)(=O)N(C)C)cc1)NC(C)CCC(C)(C)C. The summed E-state index contributed by atoms with van der Waals surface area (Å²) in [5.41, 5.74) is 1.28. The molecule has 0 aliphatic rings. The Hall–Kier alpha value is -1.60. The summed E-state index contributed by atoms with van der Waals surface area (Å²) < 4.78 is 25.5. The molecule has 7 heteroatoms. The number of hydrogen-bond donors (Lipinski definition) is 2. The first-order chi connectivity index (χ1) is 12.5. The molecule has 0 saturated carbocycles. The Morgan fingerprint density at radius 3 is 2.26 bits per heavy atom. The first kappa shape index (κ1) is 23.4. The Balaban J connectivity index is 2.75. The highest BCUT2D eigenvalue weighted by Crippen LogP contribution is 2.21. The molecule has 1 rings (SSSR count). The van der Waals surface area contributed by atoms with Crippen molar-refractivity contribution in [3.05, 3.63) is 29.8 Å². The van der Waals surface area contributed by atoms with Crippen molar-refractivity contribution in [1.29, 1.82) is 0 Å². The number of nitrogens with one attached hydrogen (secondary N) is 2. The van der Waals surface area contributed by atoms with Gasteiger partial charge in [-0.15, -0.1) is 0 Å². The second-order valence-corrected chi connectivity index (χ2v) is 10.4. The summed E-state index contributed by atoms with van der Waals surface area (Å²) in [6.07, 6.45) is 2.22. The van der Waals surface area contributed by atoms with Crippen molar-refractivity contribution in [2.45, 2.75) is 64.9 Å². The van der Waals surface area contributed by atoms with Crippen molar-refractivity contribution in [2.75, 3.05) is 20.6 Å². The van der Waals surface area contributed by atoms with Crippen LogP contribution in [0.4, 0.5) is 0 Å². The van der Waals surface area contributed by atoms with Crippen LogP contribution in [0.1, 0.15) is 53.0 Å². The van der Waals surface area contributed by atoms with E-state index in [2.05, 4.69) is 43.3 Å². The van der Waals surface area contributed by atoms with E-state index in [1.165, 1.54) is 18.4 Å². The van der Waals surface area contributed by atoms with Gasteiger partial charge < -0.3 is 10.6 Å². The Bertz CT molecular complexity index is 704. The van der Waals surface area contributed by atoms with Crippen LogP contribution in [-0.2, 0) is 16.6 Å². The molecule has 0 bridgehead atoms. The third-order valence-electron chi connectivity index (χ3n) is 4.18. The van der Waals surface area contributed by atoms with Crippen LogP contribution in [-0.4, -0.2) is 45.4 Å². The molecular weight excluding hydrogens is 360 g/mol. The van der Waals surface area contributed by atoms with E-state index in [4.69, 9.17) is 0 Å². The molecule has 0 aromatic heterocycles. The molecule has 1 aromatic rings. The monoisotopic (exact) mass is 396 g/mol. The maximum Gasteiger partial charge on any atom is 0.242 e. The zero-order valence-electron chi connectivity index (χ0n) is 17.8. The predicted octanol–water partition coefficient (Wildman–Crippen LogP) is 3.21. The Morgan fingerprint density at radius 1 is 1.19 bits per heavy atom. The fourth-order valence-corrected chi connectivity index (χ4v) is 3.32. The van der Waals surface area contributed by atoms with Crippen LogP contribution >= 0.6 is 0 Å². The van der Waals surface area contributed by atoms with E-state index >= 15 is 0 Å². The maximum absolute atomic E-state index is 12.1. The van der Waals surface area contributed by atoms with Gasteiger partial charge in [0.2, 0.25) is 10.0 Å². The van der Waals surface area contributed by atoms with E-state index in [1.54, 1.807) is 12.1 Å². The summed E-state index contributed by atoms with van der Waals surface area (Å²) in [5, 5.41) is 6.72. The molecule has 1 atom stereocenters. The van der Waals surface area contributed by atoms with Crippen molar-refractivity contribution >= 4 is 16.0 Å². The molecule has 27 heavy (non-hydrogen) atoms. The van der Waals surface area contributed by atoms with Crippen LogP contribution < -0.4 is 10.6 Å². The largest absolute Gasteiger partial charge is 0.357 e. The van der Waals surface area contributed by atoms with Gasteiger partial charge in [0.1, 0.15) is 0 Å². The molecule has 0 aliphatic carbocycles. The van der Waals surface area contributed by atoms with Crippen molar-refractivity contribution in [1.82, 2.24) is 14.9 Å². The smallest absolute Gasteiger partial charge is 0.242 e. The van der Waals surface area contributed by atoms with Gasteiger partial charge in [-0.1, -0.05) is 32.9 Å². The second-order valence-electron chi connectivity index (χ2n) is 8.27. The molecule has 0 heterocycles. The van der Waals surface area contributed by atoms with Crippen LogP contribution in [0.5, 0.6) is 0 Å². The summed E-state index contributed by atoms with van der Waals surface area (Å²) in [4.78, 5) is 4.92. The zero-order chi connectivity index (χ0) is 20.7. The number of hydrogen-bond acceptors (Lipinski definition) is 3. The van der Waals surface area contributed by atoms with Crippen LogP contribution in [0.15, 0.2) is 34.2 Å². The second kappa shape index (κ2) is 10.1. The van der Waals surface area contributed by atoms with Crippen LogP contribution in [0.3, 0.4) is 0 Å². The number of aliphatic imine (C=N–C) groups is 1. The number of sulfonamides is 1. The Kier molecular flexibility index (Phi) is 8.75. The topological polar surface area (TPSA) is 73.8 Å². The van der Waals surface area contributed by atoms with E-state index in [0.717, 1.165) is 30.9 Å². The maximum atomic E-state index is 12.1. The van der Waals surface area contributed by atoms with Gasteiger partial charge in [-0.05, 0) is 49.8 Å². The lowest BCUT2D eigenvalue weighted by molar-refractivity contribution is 0.346. The van der Waals surface area contributed by atoms with E-state index < -0.39 is 10.0 Å². The quantitative estimate of drug-likeness (QED) is 0.523. The average Bonchev–Trinajstić information content (AvgIpc) is 2.57. The molecule has 0 saturated heterocycles. The summed E-state index contributed by atoms with van der Waals surface area (Å²) in [6.45, 7) is 12.2. The zero-order valence-corrected chi connectivity index (χ0v) is 18.7. The van der Waals surface area contributed by atoms with E-state index in [0.29, 0.717) is 22.9 Å². The van der Waals surface area contributed by atoms with Crippen molar-refractivity contribution < 1.29 is 8.42 Å². The van der Waals surface area contributed by atoms with Gasteiger partial charge in [0.05, 0.1) is 11.4 Å².